The van der Waals surface area contributed by atoms with E-state index in [0.29, 0.717) is 17.5 Å². The van der Waals surface area contributed by atoms with Gasteiger partial charge >= 0.3 is 0 Å². The lowest BCUT2D eigenvalue weighted by molar-refractivity contribution is 0.425. The number of aromatic nitrogens is 3. The van der Waals surface area contributed by atoms with E-state index in [0.717, 1.165) is 56.0 Å². The zero-order valence-electron chi connectivity index (χ0n) is 32.8. The number of hydrogen-bond donors (Lipinski definition) is 0. The molecule has 1 spiro atoms. The van der Waals surface area contributed by atoms with Crippen LogP contribution < -0.4 is 4.74 Å². The Morgan fingerprint density at radius 2 is 0.797 bits per heavy atom. The molecule has 4 nitrogen and oxygen atoms in total. The van der Waals surface area contributed by atoms with E-state index in [1.54, 1.807) is 0 Å². The standard InChI is InChI=1S/C55H39N3O/c1-54(2)43-28-11-12-29-44(43)55(45-30-13-15-33-48(45)59-49-34-16-14-31-46(49)55)47-32-18-27-41(50(47)54)38-23-17-24-39(35-38)52-56-51(37-21-7-4-8-22-37)57-53(58-52)42-26-10-9-25-40(42)36-19-5-3-6-20-36/h3-35H,1-2H3. The van der Waals surface area contributed by atoms with Gasteiger partial charge in [-0.2, -0.15) is 0 Å². The van der Waals surface area contributed by atoms with Crippen molar-refractivity contribution in [1.82, 2.24) is 15.0 Å². The summed E-state index contributed by atoms with van der Waals surface area (Å²) >= 11 is 0. The first-order chi connectivity index (χ1) is 29.0. The minimum atomic E-state index is -0.597. The van der Waals surface area contributed by atoms with Crippen LogP contribution >= 0.6 is 0 Å². The van der Waals surface area contributed by atoms with Crippen molar-refractivity contribution < 1.29 is 4.74 Å². The van der Waals surface area contributed by atoms with E-state index in [1.807, 2.05) is 24.3 Å². The lowest BCUT2D eigenvalue weighted by atomic mass is 9.53. The molecule has 8 aromatic carbocycles. The molecule has 1 aliphatic heterocycles. The Balaban J connectivity index is 1.14. The van der Waals surface area contributed by atoms with E-state index >= 15 is 0 Å². The molecular formula is C55H39N3O. The fourth-order valence-corrected chi connectivity index (χ4v) is 9.70. The Hall–Kier alpha value is -7.43. The van der Waals surface area contributed by atoms with Crippen LogP contribution in [0.5, 0.6) is 11.5 Å². The number of para-hydroxylation sites is 2. The monoisotopic (exact) mass is 757 g/mol. The van der Waals surface area contributed by atoms with Gasteiger partial charge in [-0.3, -0.25) is 0 Å². The van der Waals surface area contributed by atoms with E-state index in [-0.39, 0.29) is 5.41 Å². The Morgan fingerprint density at radius 1 is 0.339 bits per heavy atom. The van der Waals surface area contributed by atoms with Gasteiger partial charge in [0.1, 0.15) is 11.5 Å². The fraction of sp³-hybridized carbons (Fsp3) is 0.0727. The second-order valence-electron chi connectivity index (χ2n) is 15.9. The predicted octanol–water partition coefficient (Wildman–Crippen LogP) is 13.3. The molecule has 9 aromatic rings. The highest BCUT2D eigenvalue weighted by molar-refractivity contribution is 5.84. The van der Waals surface area contributed by atoms with Crippen LogP contribution in [0.25, 0.3) is 56.4 Å². The molecule has 59 heavy (non-hydrogen) atoms. The molecule has 0 atom stereocenters. The minimum Gasteiger partial charge on any atom is -0.457 e. The number of fused-ring (bicyclic) bond motifs is 8. The second kappa shape index (κ2) is 13.6. The van der Waals surface area contributed by atoms with Gasteiger partial charge in [0, 0.05) is 33.2 Å². The third-order valence-corrected chi connectivity index (χ3v) is 12.3. The Morgan fingerprint density at radius 3 is 1.49 bits per heavy atom. The highest BCUT2D eigenvalue weighted by Crippen LogP contribution is 2.62. The first-order valence-corrected chi connectivity index (χ1v) is 20.2. The largest absolute Gasteiger partial charge is 0.457 e. The van der Waals surface area contributed by atoms with Crippen molar-refractivity contribution in [2.75, 3.05) is 0 Å². The molecule has 0 amide bonds. The second-order valence-corrected chi connectivity index (χ2v) is 15.9. The van der Waals surface area contributed by atoms with Gasteiger partial charge in [-0.05, 0) is 62.7 Å². The summed E-state index contributed by atoms with van der Waals surface area (Å²) in [7, 11) is 0. The smallest absolute Gasteiger partial charge is 0.164 e. The van der Waals surface area contributed by atoms with E-state index in [2.05, 4.69) is 190 Å². The topological polar surface area (TPSA) is 47.9 Å². The van der Waals surface area contributed by atoms with Gasteiger partial charge in [0.05, 0.1) is 5.41 Å². The molecule has 4 heteroatoms. The molecule has 0 unspecified atom stereocenters. The SMILES string of the molecule is CC1(C)c2ccccc2C2(c3ccccc3Oc3ccccc32)c2cccc(-c3cccc(-c4nc(-c5ccccc5)nc(-c5ccccc5-c5ccccc5)n4)c3)c21. The molecule has 280 valence electrons. The molecule has 0 radical (unpaired) electrons. The average Bonchev–Trinajstić information content (AvgIpc) is 3.31. The number of benzene rings is 8. The van der Waals surface area contributed by atoms with Crippen molar-refractivity contribution >= 4 is 0 Å². The molecule has 11 rings (SSSR count). The molecular weight excluding hydrogens is 719 g/mol. The van der Waals surface area contributed by atoms with Gasteiger partial charge in [-0.25, -0.2) is 15.0 Å². The van der Waals surface area contributed by atoms with E-state index in [9.17, 15) is 0 Å². The molecule has 0 N–H and O–H groups in total. The van der Waals surface area contributed by atoms with E-state index < -0.39 is 5.41 Å². The predicted molar refractivity (Wildman–Crippen MR) is 238 cm³/mol. The number of nitrogens with zero attached hydrogens (tertiary/aromatic N) is 3. The van der Waals surface area contributed by atoms with Crippen molar-refractivity contribution in [3.05, 3.63) is 234 Å². The average molecular weight is 758 g/mol. The maximum Gasteiger partial charge on any atom is 0.164 e. The van der Waals surface area contributed by atoms with Gasteiger partial charge in [0.2, 0.25) is 0 Å². The molecule has 2 heterocycles. The van der Waals surface area contributed by atoms with Crippen molar-refractivity contribution in [2.24, 2.45) is 0 Å². The van der Waals surface area contributed by atoms with Crippen molar-refractivity contribution in [3.63, 3.8) is 0 Å². The van der Waals surface area contributed by atoms with Gasteiger partial charge in [0.15, 0.2) is 17.5 Å². The summed E-state index contributed by atoms with van der Waals surface area (Å²) in [5.41, 5.74) is 13.8. The molecule has 2 aliphatic rings. The quantitative estimate of drug-likeness (QED) is 0.175. The van der Waals surface area contributed by atoms with Crippen LogP contribution in [0.1, 0.15) is 47.2 Å². The van der Waals surface area contributed by atoms with Gasteiger partial charge in [-0.1, -0.05) is 196 Å². The summed E-state index contributed by atoms with van der Waals surface area (Å²) in [5.74, 6) is 3.65. The summed E-state index contributed by atoms with van der Waals surface area (Å²) < 4.78 is 6.66. The summed E-state index contributed by atoms with van der Waals surface area (Å²) in [6.07, 6.45) is 0. The zero-order chi connectivity index (χ0) is 39.6. The Kier molecular flexibility index (Phi) is 8.02. The number of rotatable bonds is 5. The van der Waals surface area contributed by atoms with Crippen molar-refractivity contribution in [3.8, 4) is 67.9 Å². The lowest BCUT2D eigenvalue weighted by Gasteiger charge is -2.50. The van der Waals surface area contributed by atoms with Crippen LogP contribution in [0.4, 0.5) is 0 Å². The first kappa shape index (κ1) is 34.8. The maximum absolute atomic E-state index is 6.66. The molecule has 1 aliphatic carbocycles. The van der Waals surface area contributed by atoms with Crippen LogP contribution in [0, 0.1) is 0 Å². The minimum absolute atomic E-state index is 0.339. The molecule has 0 fully saturated rings. The van der Waals surface area contributed by atoms with Crippen LogP contribution in [0.2, 0.25) is 0 Å². The number of ether oxygens (including phenoxy) is 1. The summed E-state index contributed by atoms with van der Waals surface area (Å²) in [5, 5.41) is 0. The summed E-state index contributed by atoms with van der Waals surface area (Å²) in [6.45, 7) is 4.74. The van der Waals surface area contributed by atoms with Crippen LogP contribution in [-0.2, 0) is 10.8 Å². The molecule has 1 aromatic heterocycles. The van der Waals surface area contributed by atoms with Crippen molar-refractivity contribution in [2.45, 2.75) is 24.7 Å². The lowest BCUT2D eigenvalue weighted by Crippen LogP contribution is -2.43. The van der Waals surface area contributed by atoms with Gasteiger partial charge in [0.25, 0.3) is 0 Å². The molecule has 0 bridgehead atoms. The first-order valence-electron chi connectivity index (χ1n) is 20.2. The third-order valence-electron chi connectivity index (χ3n) is 12.3. The Labute approximate surface area is 344 Å². The summed E-state index contributed by atoms with van der Waals surface area (Å²) in [4.78, 5) is 15.5. The van der Waals surface area contributed by atoms with Gasteiger partial charge in [-0.15, -0.1) is 0 Å². The van der Waals surface area contributed by atoms with Crippen LogP contribution in [-0.4, -0.2) is 15.0 Å². The zero-order valence-corrected chi connectivity index (χ0v) is 32.8. The van der Waals surface area contributed by atoms with E-state index in [4.69, 9.17) is 19.7 Å². The van der Waals surface area contributed by atoms with Gasteiger partial charge < -0.3 is 4.74 Å². The third kappa shape index (κ3) is 5.40. The highest BCUT2D eigenvalue weighted by atomic mass is 16.5. The normalized spacial score (nSPS) is 14.0. The van der Waals surface area contributed by atoms with Crippen LogP contribution in [0.15, 0.2) is 200 Å². The number of hydrogen-bond acceptors (Lipinski definition) is 4. The molecule has 0 saturated heterocycles. The maximum atomic E-state index is 6.66. The summed E-state index contributed by atoms with van der Waals surface area (Å²) in [6, 6.07) is 70.6. The molecule has 0 saturated carbocycles. The van der Waals surface area contributed by atoms with Crippen LogP contribution in [0.3, 0.4) is 0 Å². The Bertz CT molecular complexity index is 3020. The van der Waals surface area contributed by atoms with Crippen molar-refractivity contribution in [1.29, 1.82) is 0 Å². The fourth-order valence-electron chi connectivity index (χ4n) is 9.70. The van der Waals surface area contributed by atoms with E-state index in [1.165, 1.54) is 27.8 Å². The highest BCUT2D eigenvalue weighted by Gasteiger charge is 2.53.